The molecule has 0 amide bonds. The van der Waals surface area contributed by atoms with Gasteiger partial charge in [0.1, 0.15) is 0 Å². The molecule has 6 aliphatic carbocycles. The Bertz CT molecular complexity index is 2560. The third-order valence-electron chi connectivity index (χ3n) is 14.3. The molecule has 4 saturated carbocycles. The van der Waals surface area contributed by atoms with Gasteiger partial charge in [0.2, 0.25) is 0 Å². The van der Waals surface area contributed by atoms with E-state index in [2.05, 4.69) is 135 Å². The molecule has 7 aromatic rings. The lowest BCUT2D eigenvalue weighted by molar-refractivity contribution is -0.0399. The summed E-state index contributed by atoms with van der Waals surface area (Å²) in [4.78, 5) is 0. The second-order valence-electron chi connectivity index (χ2n) is 16.9. The second kappa shape index (κ2) is 9.65. The van der Waals surface area contributed by atoms with Crippen LogP contribution in [0.15, 0.2) is 121 Å². The molecule has 4 bridgehead atoms. The Kier molecular flexibility index (Phi) is 5.45. The Morgan fingerprint density at radius 2 is 1.02 bits per heavy atom. The summed E-state index contributed by atoms with van der Waals surface area (Å²) in [7, 11) is 0. The van der Waals surface area contributed by atoms with E-state index >= 15 is 0 Å². The van der Waals surface area contributed by atoms with E-state index in [4.69, 9.17) is 0 Å². The molecule has 50 heavy (non-hydrogen) atoms. The van der Waals surface area contributed by atoms with Gasteiger partial charge in [-0.15, -0.1) is 11.3 Å². The molecule has 0 atom stereocenters. The average molecular weight is 661 g/mol. The Morgan fingerprint density at radius 1 is 0.460 bits per heavy atom. The maximum atomic E-state index is 2.53. The lowest BCUT2D eigenvalue weighted by Gasteiger charge is -2.61. The molecular formula is C49H40S. The van der Waals surface area contributed by atoms with Crippen molar-refractivity contribution in [1.82, 2.24) is 0 Å². The first kappa shape index (κ1) is 28.3. The smallest absolute Gasteiger partial charge is 0.0355 e. The van der Waals surface area contributed by atoms with Crippen LogP contribution in [0.4, 0.5) is 0 Å². The van der Waals surface area contributed by atoms with Crippen LogP contribution in [0.5, 0.6) is 0 Å². The summed E-state index contributed by atoms with van der Waals surface area (Å²) < 4.78 is 2.74. The zero-order chi connectivity index (χ0) is 32.9. The van der Waals surface area contributed by atoms with Crippen LogP contribution in [0.1, 0.15) is 68.2 Å². The topological polar surface area (TPSA) is 0 Å². The van der Waals surface area contributed by atoms with Crippen molar-refractivity contribution in [2.75, 3.05) is 0 Å². The van der Waals surface area contributed by atoms with Gasteiger partial charge in [-0.2, -0.15) is 0 Å². The van der Waals surface area contributed by atoms with Gasteiger partial charge >= 0.3 is 0 Å². The van der Waals surface area contributed by atoms with Gasteiger partial charge in [0.05, 0.1) is 0 Å². The van der Waals surface area contributed by atoms with Crippen LogP contribution in [0, 0.1) is 23.7 Å². The molecule has 0 radical (unpaired) electrons. The van der Waals surface area contributed by atoms with Crippen molar-refractivity contribution >= 4 is 31.5 Å². The van der Waals surface area contributed by atoms with Crippen molar-refractivity contribution in [3.05, 3.63) is 144 Å². The van der Waals surface area contributed by atoms with Crippen molar-refractivity contribution in [2.24, 2.45) is 23.7 Å². The summed E-state index contributed by atoms with van der Waals surface area (Å²) in [5, 5.41) is 2.75. The van der Waals surface area contributed by atoms with Gasteiger partial charge in [-0.05, 0) is 153 Å². The van der Waals surface area contributed by atoms with Crippen LogP contribution in [0.25, 0.3) is 64.7 Å². The van der Waals surface area contributed by atoms with Crippen molar-refractivity contribution < 1.29 is 0 Å². The molecule has 4 fully saturated rings. The molecule has 6 aromatic carbocycles. The Labute approximate surface area is 298 Å². The summed E-state index contributed by atoms with van der Waals surface area (Å²) in [6.45, 7) is 4.73. The number of rotatable bonds is 2. The number of benzene rings is 6. The summed E-state index contributed by atoms with van der Waals surface area (Å²) in [5.74, 6) is 3.50. The molecule has 0 N–H and O–H groups in total. The zero-order valence-electron chi connectivity index (χ0n) is 28.8. The fourth-order valence-electron chi connectivity index (χ4n) is 12.5. The van der Waals surface area contributed by atoms with E-state index in [1.54, 1.807) is 11.1 Å². The predicted octanol–water partition coefficient (Wildman–Crippen LogP) is 13.4. The van der Waals surface area contributed by atoms with E-state index in [-0.39, 0.29) is 10.8 Å². The number of thiophene rings is 1. The van der Waals surface area contributed by atoms with Crippen molar-refractivity contribution in [3.8, 4) is 44.5 Å². The van der Waals surface area contributed by atoms with Crippen LogP contribution in [-0.4, -0.2) is 0 Å². The van der Waals surface area contributed by atoms with Crippen LogP contribution in [0.2, 0.25) is 0 Å². The molecule has 0 nitrogen and oxygen atoms in total. The molecular weight excluding hydrogens is 621 g/mol. The highest BCUT2D eigenvalue weighted by atomic mass is 32.1. The molecule has 1 heterocycles. The minimum absolute atomic E-state index is 0.0300. The lowest BCUT2D eigenvalue weighted by Crippen LogP contribution is -2.55. The van der Waals surface area contributed by atoms with Crippen molar-refractivity contribution in [1.29, 1.82) is 0 Å². The van der Waals surface area contributed by atoms with E-state index in [1.165, 1.54) is 108 Å². The van der Waals surface area contributed by atoms with E-state index in [1.807, 2.05) is 11.3 Å². The molecule has 242 valence electrons. The van der Waals surface area contributed by atoms with Crippen LogP contribution in [0.3, 0.4) is 0 Å². The fourth-order valence-corrected chi connectivity index (χ4v) is 13.5. The monoisotopic (exact) mass is 660 g/mol. The molecule has 0 aliphatic heterocycles. The SMILES string of the molecule is CC1(C)c2ccccc2-c2cc(-c3ccc4sc5ccc(-c6cccc7c6-c6ccccc6C76C7CC8CC(C7)CC6C8)cc5c4c3)ccc21. The van der Waals surface area contributed by atoms with Gasteiger partial charge in [0.15, 0.2) is 0 Å². The molecule has 6 aliphatic rings. The zero-order valence-corrected chi connectivity index (χ0v) is 29.6. The Morgan fingerprint density at radius 3 is 1.78 bits per heavy atom. The largest absolute Gasteiger partial charge is 0.135 e. The van der Waals surface area contributed by atoms with Gasteiger partial charge in [0, 0.05) is 31.0 Å². The van der Waals surface area contributed by atoms with E-state index < -0.39 is 0 Å². The highest BCUT2D eigenvalue weighted by Crippen LogP contribution is 2.70. The summed E-state index contributed by atoms with van der Waals surface area (Å²) in [6, 6.07) is 47.5. The minimum atomic E-state index is 0.0300. The van der Waals surface area contributed by atoms with Gasteiger partial charge in [0.25, 0.3) is 0 Å². The summed E-state index contributed by atoms with van der Waals surface area (Å²) >= 11 is 1.93. The standard InChI is InChI=1S/C49H40S/c1-48(2)41-11-5-3-8-36(41)38-25-30(14-17-42(38)48)31-15-18-45-39(26-31)40-27-32(16-19-46(40)50-45)35-10-7-13-44-47(35)37-9-4-6-12-43(37)49(44)33-21-28-20-29(23-33)24-34(49)22-28/h3-19,25-29,33-34H,20-24H2,1-2H3. The average Bonchev–Trinajstić information content (AvgIpc) is 3.74. The second-order valence-corrected chi connectivity index (χ2v) is 18.0. The molecule has 0 saturated heterocycles. The van der Waals surface area contributed by atoms with E-state index in [0.717, 1.165) is 23.7 Å². The number of fused-ring (bicyclic) bond motifs is 9. The van der Waals surface area contributed by atoms with E-state index in [9.17, 15) is 0 Å². The third-order valence-corrected chi connectivity index (χ3v) is 15.4. The van der Waals surface area contributed by atoms with Gasteiger partial charge < -0.3 is 0 Å². The number of hydrogen-bond donors (Lipinski definition) is 0. The minimum Gasteiger partial charge on any atom is -0.135 e. The third kappa shape index (κ3) is 3.48. The maximum Gasteiger partial charge on any atom is 0.0355 e. The predicted molar refractivity (Wildman–Crippen MR) is 211 cm³/mol. The van der Waals surface area contributed by atoms with Gasteiger partial charge in [-0.1, -0.05) is 105 Å². The Balaban J connectivity index is 1.01. The van der Waals surface area contributed by atoms with Crippen LogP contribution in [-0.2, 0) is 10.8 Å². The molecule has 1 aromatic heterocycles. The molecule has 0 unspecified atom stereocenters. The van der Waals surface area contributed by atoms with Crippen LogP contribution >= 0.6 is 11.3 Å². The van der Waals surface area contributed by atoms with Crippen molar-refractivity contribution in [3.63, 3.8) is 0 Å². The van der Waals surface area contributed by atoms with E-state index in [0.29, 0.717) is 0 Å². The normalized spacial score (nSPS) is 26.0. The highest BCUT2D eigenvalue weighted by Gasteiger charge is 2.61. The lowest BCUT2D eigenvalue weighted by atomic mass is 9.43. The quantitative estimate of drug-likeness (QED) is 0.173. The Hall–Kier alpha value is -4.46. The first-order chi connectivity index (χ1) is 24.5. The summed E-state index contributed by atoms with van der Waals surface area (Å²) in [6.07, 6.45) is 7.19. The molecule has 13 rings (SSSR count). The molecule has 1 spiro atoms. The first-order valence-corrected chi connectivity index (χ1v) is 19.7. The fraction of sp³-hybridized carbons (Fsp3) is 0.265. The van der Waals surface area contributed by atoms with Crippen LogP contribution < -0.4 is 0 Å². The van der Waals surface area contributed by atoms with Crippen molar-refractivity contribution in [2.45, 2.75) is 56.8 Å². The van der Waals surface area contributed by atoms with Gasteiger partial charge in [-0.25, -0.2) is 0 Å². The maximum absolute atomic E-state index is 2.53. The van der Waals surface area contributed by atoms with Gasteiger partial charge in [-0.3, -0.25) is 0 Å². The highest BCUT2D eigenvalue weighted by molar-refractivity contribution is 7.25. The number of hydrogen-bond acceptors (Lipinski definition) is 1. The first-order valence-electron chi connectivity index (χ1n) is 18.9. The summed E-state index contributed by atoms with van der Waals surface area (Å²) in [5.41, 5.74) is 17.5. The molecule has 1 heteroatoms.